The Morgan fingerprint density at radius 1 is 1.33 bits per heavy atom. The summed E-state index contributed by atoms with van der Waals surface area (Å²) in [6.07, 6.45) is -0.382. The van der Waals surface area contributed by atoms with Crippen molar-refractivity contribution in [2.75, 3.05) is 13.1 Å². The predicted octanol–water partition coefficient (Wildman–Crippen LogP) is 0.543. The molecule has 0 aromatic rings. The maximum absolute atomic E-state index is 10.3. The predicted molar refractivity (Wildman–Crippen MR) is 59.4 cm³/mol. The van der Waals surface area contributed by atoms with Crippen molar-refractivity contribution in [2.45, 2.75) is 38.9 Å². The van der Waals surface area contributed by atoms with Crippen LogP contribution in [-0.4, -0.2) is 46.7 Å². The number of rotatable bonds is 8. The maximum atomic E-state index is 10.3. The number of nitrogens with zero attached hydrogens (tertiary/aromatic N) is 1. The van der Waals surface area contributed by atoms with E-state index < -0.39 is 12.2 Å². The van der Waals surface area contributed by atoms with Crippen LogP contribution in [0.25, 0.3) is 0 Å². The van der Waals surface area contributed by atoms with Gasteiger partial charge < -0.3 is 19.9 Å². The standard InChI is InChI=1S/C11H21NO3/c1-4-6-12(7-5-2)9(3)11(15)10(14)8-13/h8,10-11,14-15H,3-7H2,1-2H3. The van der Waals surface area contributed by atoms with Crippen molar-refractivity contribution < 1.29 is 15.0 Å². The van der Waals surface area contributed by atoms with E-state index in [0.717, 1.165) is 25.9 Å². The van der Waals surface area contributed by atoms with Crippen molar-refractivity contribution in [3.8, 4) is 0 Å². The number of carbonyl (C=O) groups excluding carboxylic acids is 1. The Bertz CT molecular complexity index is 200. The fraction of sp³-hybridized carbons (Fsp3) is 0.727. The third-order valence-corrected chi connectivity index (χ3v) is 2.20. The molecule has 0 spiro atoms. The van der Waals surface area contributed by atoms with Gasteiger partial charge >= 0.3 is 0 Å². The molecule has 0 saturated carbocycles. The lowest BCUT2D eigenvalue weighted by atomic mass is 10.1. The van der Waals surface area contributed by atoms with E-state index in [2.05, 4.69) is 6.58 Å². The largest absolute Gasteiger partial charge is 0.384 e. The van der Waals surface area contributed by atoms with Gasteiger partial charge in [-0.2, -0.15) is 0 Å². The van der Waals surface area contributed by atoms with Crippen LogP contribution in [0.4, 0.5) is 0 Å². The molecule has 88 valence electrons. The van der Waals surface area contributed by atoms with Gasteiger partial charge in [0.25, 0.3) is 0 Å². The third-order valence-electron chi connectivity index (χ3n) is 2.20. The normalized spacial score (nSPS) is 14.4. The Balaban J connectivity index is 4.40. The summed E-state index contributed by atoms with van der Waals surface area (Å²) in [6.45, 7) is 9.32. The van der Waals surface area contributed by atoms with Crippen molar-refractivity contribution in [3.05, 3.63) is 12.3 Å². The topological polar surface area (TPSA) is 60.8 Å². The molecule has 4 heteroatoms. The summed E-state index contributed by atoms with van der Waals surface area (Å²) < 4.78 is 0. The minimum absolute atomic E-state index is 0.325. The molecular formula is C11H21NO3. The first kappa shape index (κ1) is 14.1. The maximum Gasteiger partial charge on any atom is 0.151 e. The van der Waals surface area contributed by atoms with Gasteiger partial charge in [-0.05, 0) is 12.8 Å². The fourth-order valence-corrected chi connectivity index (χ4v) is 1.40. The second-order valence-corrected chi connectivity index (χ2v) is 3.55. The average Bonchev–Trinajstić information content (AvgIpc) is 2.25. The van der Waals surface area contributed by atoms with Crippen LogP contribution in [0.2, 0.25) is 0 Å². The summed E-state index contributed by atoms with van der Waals surface area (Å²) in [5, 5.41) is 18.8. The van der Waals surface area contributed by atoms with E-state index in [1.165, 1.54) is 0 Å². The van der Waals surface area contributed by atoms with Crippen LogP contribution < -0.4 is 0 Å². The number of aliphatic hydroxyl groups is 2. The van der Waals surface area contributed by atoms with E-state index in [1.807, 2.05) is 18.7 Å². The zero-order chi connectivity index (χ0) is 11.8. The van der Waals surface area contributed by atoms with E-state index in [1.54, 1.807) is 0 Å². The third kappa shape index (κ3) is 4.44. The molecule has 0 fully saturated rings. The van der Waals surface area contributed by atoms with Crippen molar-refractivity contribution in [3.63, 3.8) is 0 Å². The summed E-state index contributed by atoms with van der Waals surface area (Å²) in [5.41, 5.74) is 0.415. The van der Waals surface area contributed by atoms with E-state index in [-0.39, 0.29) is 0 Å². The Labute approximate surface area is 91.2 Å². The van der Waals surface area contributed by atoms with Gasteiger partial charge in [-0.15, -0.1) is 0 Å². The number of hydrogen-bond donors (Lipinski definition) is 2. The Hall–Kier alpha value is -0.870. The van der Waals surface area contributed by atoms with Crippen LogP contribution in [-0.2, 0) is 4.79 Å². The second-order valence-electron chi connectivity index (χ2n) is 3.55. The molecule has 0 bridgehead atoms. The lowest BCUT2D eigenvalue weighted by Crippen LogP contribution is -2.38. The zero-order valence-corrected chi connectivity index (χ0v) is 9.52. The van der Waals surface area contributed by atoms with Crippen molar-refractivity contribution in [1.29, 1.82) is 0 Å². The molecular weight excluding hydrogens is 194 g/mol. The molecule has 0 amide bonds. The smallest absolute Gasteiger partial charge is 0.151 e. The van der Waals surface area contributed by atoms with Crippen LogP contribution in [0, 0.1) is 0 Å². The van der Waals surface area contributed by atoms with Gasteiger partial charge in [0.1, 0.15) is 12.2 Å². The highest BCUT2D eigenvalue weighted by atomic mass is 16.3. The molecule has 4 nitrogen and oxygen atoms in total. The monoisotopic (exact) mass is 215 g/mol. The summed E-state index contributed by atoms with van der Waals surface area (Å²) in [4.78, 5) is 12.2. The summed E-state index contributed by atoms with van der Waals surface area (Å²) in [7, 11) is 0. The van der Waals surface area contributed by atoms with E-state index in [4.69, 9.17) is 0 Å². The Kier molecular flexibility index (Phi) is 6.99. The molecule has 0 saturated heterocycles. The number of carbonyl (C=O) groups is 1. The summed E-state index contributed by atoms with van der Waals surface area (Å²) >= 11 is 0. The molecule has 0 radical (unpaired) electrons. The summed E-state index contributed by atoms with van der Waals surface area (Å²) in [5.74, 6) is 0. The van der Waals surface area contributed by atoms with E-state index >= 15 is 0 Å². The first-order chi connectivity index (χ1) is 7.08. The molecule has 0 aliphatic rings. The number of aldehydes is 1. The van der Waals surface area contributed by atoms with Gasteiger partial charge in [-0.25, -0.2) is 0 Å². The molecule has 2 N–H and O–H groups in total. The van der Waals surface area contributed by atoms with Gasteiger partial charge in [0, 0.05) is 18.8 Å². The quantitative estimate of drug-likeness (QED) is 0.580. The molecule has 0 aromatic carbocycles. The van der Waals surface area contributed by atoms with Gasteiger partial charge in [0.05, 0.1) is 0 Å². The zero-order valence-electron chi connectivity index (χ0n) is 9.52. The fourth-order valence-electron chi connectivity index (χ4n) is 1.40. The Morgan fingerprint density at radius 3 is 2.13 bits per heavy atom. The van der Waals surface area contributed by atoms with Gasteiger partial charge in [-0.1, -0.05) is 20.4 Å². The van der Waals surface area contributed by atoms with Crippen molar-refractivity contribution in [1.82, 2.24) is 4.90 Å². The number of aliphatic hydroxyl groups excluding tert-OH is 2. The van der Waals surface area contributed by atoms with Crippen molar-refractivity contribution >= 4 is 6.29 Å². The van der Waals surface area contributed by atoms with Crippen LogP contribution in [0.15, 0.2) is 12.3 Å². The second kappa shape index (κ2) is 7.43. The first-order valence-corrected chi connectivity index (χ1v) is 5.33. The minimum atomic E-state index is -1.38. The van der Waals surface area contributed by atoms with E-state index in [0.29, 0.717) is 12.0 Å². The average molecular weight is 215 g/mol. The van der Waals surface area contributed by atoms with Gasteiger partial charge in [-0.3, -0.25) is 0 Å². The van der Waals surface area contributed by atoms with Crippen LogP contribution in [0.3, 0.4) is 0 Å². The molecule has 0 aromatic heterocycles. The highest BCUT2D eigenvalue weighted by molar-refractivity contribution is 5.57. The minimum Gasteiger partial charge on any atom is -0.384 e. The lowest BCUT2D eigenvalue weighted by Gasteiger charge is -2.29. The van der Waals surface area contributed by atoms with Gasteiger partial charge in [0.2, 0.25) is 0 Å². The molecule has 2 unspecified atom stereocenters. The molecule has 15 heavy (non-hydrogen) atoms. The van der Waals surface area contributed by atoms with Gasteiger partial charge in [0.15, 0.2) is 6.29 Å². The molecule has 0 heterocycles. The first-order valence-electron chi connectivity index (χ1n) is 5.33. The molecule has 0 aliphatic carbocycles. The van der Waals surface area contributed by atoms with Crippen molar-refractivity contribution in [2.24, 2.45) is 0 Å². The SMILES string of the molecule is C=C(C(O)C(O)C=O)N(CCC)CCC. The lowest BCUT2D eigenvalue weighted by molar-refractivity contribution is -0.119. The van der Waals surface area contributed by atoms with E-state index in [9.17, 15) is 15.0 Å². The molecule has 2 atom stereocenters. The molecule has 0 aliphatic heterocycles. The highest BCUT2D eigenvalue weighted by Gasteiger charge is 2.22. The number of hydrogen-bond acceptors (Lipinski definition) is 4. The summed E-state index contributed by atoms with van der Waals surface area (Å²) in [6, 6.07) is 0. The van der Waals surface area contributed by atoms with Crippen LogP contribution in [0.5, 0.6) is 0 Å². The Morgan fingerprint density at radius 2 is 1.80 bits per heavy atom. The van der Waals surface area contributed by atoms with Crippen LogP contribution >= 0.6 is 0 Å². The highest BCUT2D eigenvalue weighted by Crippen LogP contribution is 2.11. The molecule has 0 rings (SSSR count). The van der Waals surface area contributed by atoms with Crippen LogP contribution in [0.1, 0.15) is 26.7 Å².